The molecule has 4 nitrogen and oxygen atoms in total. The van der Waals surface area contributed by atoms with E-state index in [0.29, 0.717) is 11.3 Å². The van der Waals surface area contributed by atoms with Crippen molar-refractivity contribution in [1.82, 2.24) is 4.98 Å². The van der Waals surface area contributed by atoms with Gasteiger partial charge in [0.1, 0.15) is 0 Å². The predicted octanol–water partition coefficient (Wildman–Crippen LogP) is 4.09. The van der Waals surface area contributed by atoms with E-state index in [1.54, 1.807) is 0 Å². The van der Waals surface area contributed by atoms with E-state index in [4.69, 9.17) is 0 Å². The van der Waals surface area contributed by atoms with Gasteiger partial charge in [-0.3, -0.25) is 9.79 Å². The first-order chi connectivity index (χ1) is 12.8. The first-order valence-corrected chi connectivity index (χ1v) is 10.6. The van der Waals surface area contributed by atoms with Crippen LogP contribution in [0.4, 0.5) is 0 Å². The van der Waals surface area contributed by atoms with E-state index in [0.717, 1.165) is 30.5 Å². The zero-order chi connectivity index (χ0) is 19.6. The molecule has 0 radical (unpaired) electrons. The second-order valence-corrected chi connectivity index (χ2v) is 8.96. The van der Waals surface area contributed by atoms with Crippen LogP contribution in [0.15, 0.2) is 56.2 Å². The SMILES string of the molecule is CSc1ccc(/C(=C/C2CCC([O-])=N2)C2=CC=C(C(C)(C)C)CC2)[nH]c1=O. The van der Waals surface area contributed by atoms with E-state index >= 15 is 0 Å². The standard InChI is InChI=1S/C22H28N2O2S/c1-22(2,3)15-7-5-14(6-8-15)17(13-16-9-12-20(25)23-16)18-10-11-19(27-4)21(26)24-18/h5,7,10-11,13,16H,6,8-9,12H2,1-4H3,(H,23,25)(H,24,26)/p-1/b17-13+. The van der Waals surface area contributed by atoms with Crippen molar-refractivity contribution in [2.45, 2.75) is 57.4 Å². The number of hydrogen-bond acceptors (Lipinski definition) is 4. The van der Waals surface area contributed by atoms with Crippen LogP contribution in [0.2, 0.25) is 0 Å². The third kappa shape index (κ3) is 4.64. The maximum Gasteiger partial charge on any atom is 0.262 e. The Morgan fingerprint density at radius 3 is 2.56 bits per heavy atom. The number of H-pyrrole nitrogens is 1. The second kappa shape index (κ2) is 7.93. The summed E-state index contributed by atoms with van der Waals surface area (Å²) in [4.78, 5) is 20.2. The summed E-state index contributed by atoms with van der Waals surface area (Å²) in [6.07, 6.45) is 11.5. The van der Waals surface area contributed by atoms with E-state index in [-0.39, 0.29) is 22.9 Å². The van der Waals surface area contributed by atoms with Crippen molar-refractivity contribution >= 4 is 23.2 Å². The van der Waals surface area contributed by atoms with Crippen LogP contribution in [0.25, 0.3) is 5.57 Å². The third-order valence-electron chi connectivity index (χ3n) is 5.16. The first kappa shape index (κ1) is 19.7. The molecule has 144 valence electrons. The molecule has 1 atom stereocenters. The highest BCUT2D eigenvalue weighted by Crippen LogP contribution is 2.37. The summed E-state index contributed by atoms with van der Waals surface area (Å²) in [5.41, 5.74) is 4.49. The zero-order valence-corrected chi connectivity index (χ0v) is 17.3. The Labute approximate surface area is 165 Å². The highest BCUT2D eigenvalue weighted by Gasteiger charge is 2.22. The van der Waals surface area contributed by atoms with Crippen molar-refractivity contribution in [2.75, 3.05) is 6.26 Å². The van der Waals surface area contributed by atoms with Gasteiger partial charge in [0.25, 0.3) is 5.56 Å². The lowest BCUT2D eigenvalue weighted by Crippen LogP contribution is -2.14. The molecule has 3 rings (SSSR count). The lowest BCUT2D eigenvalue weighted by atomic mass is 9.79. The molecule has 0 saturated carbocycles. The van der Waals surface area contributed by atoms with Crippen LogP contribution in [-0.4, -0.2) is 23.2 Å². The van der Waals surface area contributed by atoms with E-state index in [1.165, 1.54) is 22.9 Å². The molecule has 1 unspecified atom stereocenters. The van der Waals surface area contributed by atoms with Crippen molar-refractivity contribution in [3.05, 3.63) is 57.6 Å². The topological polar surface area (TPSA) is 68.3 Å². The molecule has 0 saturated heterocycles. The average Bonchev–Trinajstić information content (AvgIpc) is 3.04. The number of nitrogens with one attached hydrogen (secondary N) is 1. The van der Waals surface area contributed by atoms with Gasteiger partial charge in [0, 0.05) is 5.69 Å². The Balaban J connectivity index is 2.03. The molecule has 0 amide bonds. The normalized spacial score (nSPS) is 21.0. The fourth-order valence-corrected chi connectivity index (χ4v) is 3.97. The fraction of sp³-hybridized carbons (Fsp3) is 0.455. The van der Waals surface area contributed by atoms with E-state index < -0.39 is 0 Å². The van der Waals surface area contributed by atoms with Gasteiger partial charge in [-0.2, -0.15) is 0 Å². The molecule has 27 heavy (non-hydrogen) atoms. The summed E-state index contributed by atoms with van der Waals surface area (Å²) >= 11 is 1.44. The molecule has 1 aliphatic heterocycles. The van der Waals surface area contributed by atoms with Gasteiger partial charge in [-0.25, -0.2) is 0 Å². The van der Waals surface area contributed by atoms with Crippen molar-refractivity contribution < 1.29 is 5.11 Å². The van der Waals surface area contributed by atoms with Gasteiger partial charge < -0.3 is 10.1 Å². The Morgan fingerprint density at radius 2 is 2.04 bits per heavy atom. The maximum atomic E-state index is 12.3. The summed E-state index contributed by atoms with van der Waals surface area (Å²) in [6, 6.07) is 3.72. The minimum Gasteiger partial charge on any atom is -0.862 e. The number of aromatic amines is 1. The Morgan fingerprint density at radius 1 is 1.26 bits per heavy atom. The fourth-order valence-electron chi connectivity index (χ4n) is 3.53. The molecular weight excluding hydrogens is 356 g/mol. The monoisotopic (exact) mass is 383 g/mol. The van der Waals surface area contributed by atoms with Crippen molar-refractivity contribution in [1.29, 1.82) is 0 Å². The number of aliphatic imine (C=N–C) groups is 1. The second-order valence-electron chi connectivity index (χ2n) is 8.11. The highest BCUT2D eigenvalue weighted by atomic mass is 32.2. The Kier molecular flexibility index (Phi) is 5.80. The maximum absolute atomic E-state index is 12.3. The van der Waals surface area contributed by atoms with Gasteiger partial charge in [-0.15, -0.1) is 11.8 Å². The summed E-state index contributed by atoms with van der Waals surface area (Å²) in [5, 5.41) is 11.6. The molecule has 5 heteroatoms. The number of pyridine rings is 1. The molecular formula is C22H27N2O2S-. The van der Waals surface area contributed by atoms with E-state index in [2.05, 4.69) is 49.0 Å². The smallest absolute Gasteiger partial charge is 0.262 e. The summed E-state index contributed by atoms with van der Waals surface area (Å²) in [7, 11) is 0. The molecule has 0 aromatic carbocycles. The summed E-state index contributed by atoms with van der Waals surface area (Å²) in [5.74, 6) is -0.0330. The van der Waals surface area contributed by atoms with Crippen LogP contribution < -0.4 is 10.7 Å². The molecule has 0 fully saturated rings. The van der Waals surface area contributed by atoms with Crippen LogP contribution >= 0.6 is 11.8 Å². The first-order valence-electron chi connectivity index (χ1n) is 9.41. The van der Waals surface area contributed by atoms with Crippen LogP contribution in [0.5, 0.6) is 0 Å². The zero-order valence-electron chi connectivity index (χ0n) is 16.5. The van der Waals surface area contributed by atoms with Gasteiger partial charge in [-0.05, 0) is 66.5 Å². The summed E-state index contributed by atoms with van der Waals surface area (Å²) < 4.78 is 0. The number of hydrogen-bond donors (Lipinski definition) is 1. The quantitative estimate of drug-likeness (QED) is 0.796. The number of aromatic nitrogens is 1. The lowest BCUT2D eigenvalue weighted by molar-refractivity contribution is -0.217. The van der Waals surface area contributed by atoms with E-state index in [1.807, 2.05) is 18.4 Å². The third-order valence-corrected chi connectivity index (χ3v) is 5.93. The van der Waals surface area contributed by atoms with Crippen LogP contribution in [0.3, 0.4) is 0 Å². The average molecular weight is 384 g/mol. The molecule has 0 spiro atoms. The van der Waals surface area contributed by atoms with Gasteiger partial charge in [0.05, 0.1) is 10.9 Å². The highest BCUT2D eigenvalue weighted by molar-refractivity contribution is 7.98. The lowest BCUT2D eigenvalue weighted by Gasteiger charge is -2.27. The van der Waals surface area contributed by atoms with Crippen LogP contribution in [0, 0.1) is 5.41 Å². The van der Waals surface area contributed by atoms with Crippen LogP contribution in [-0.2, 0) is 0 Å². The molecule has 2 aliphatic rings. The molecule has 1 aliphatic carbocycles. The van der Waals surface area contributed by atoms with Crippen molar-refractivity contribution in [3.63, 3.8) is 0 Å². The van der Waals surface area contributed by atoms with Crippen molar-refractivity contribution in [2.24, 2.45) is 10.4 Å². The minimum absolute atomic E-state index is 0.0330. The molecule has 0 bridgehead atoms. The van der Waals surface area contributed by atoms with Gasteiger partial charge >= 0.3 is 0 Å². The number of nitrogens with zero attached hydrogens (tertiary/aromatic N) is 1. The number of rotatable bonds is 4. The Bertz CT molecular complexity index is 898. The molecule has 1 aromatic heterocycles. The number of thioether (sulfide) groups is 1. The number of allylic oxidation sites excluding steroid dienone is 5. The largest absolute Gasteiger partial charge is 0.862 e. The van der Waals surface area contributed by atoms with E-state index in [9.17, 15) is 9.90 Å². The van der Waals surface area contributed by atoms with Gasteiger partial charge in [-0.1, -0.05) is 44.6 Å². The summed E-state index contributed by atoms with van der Waals surface area (Å²) in [6.45, 7) is 6.70. The molecule has 1 aromatic rings. The predicted molar refractivity (Wildman–Crippen MR) is 112 cm³/mol. The minimum atomic E-state index is -0.106. The molecule has 2 heterocycles. The Hall–Kier alpha value is -2.01. The molecule has 1 N–H and O–H groups in total. The van der Waals surface area contributed by atoms with Crippen LogP contribution in [0.1, 0.15) is 52.1 Å². The van der Waals surface area contributed by atoms with Crippen molar-refractivity contribution in [3.8, 4) is 0 Å². The van der Waals surface area contributed by atoms with Gasteiger partial charge in [0.2, 0.25) is 0 Å². The van der Waals surface area contributed by atoms with Gasteiger partial charge in [0.15, 0.2) is 0 Å².